The molecule has 1 heterocycles. The lowest BCUT2D eigenvalue weighted by Gasteiger charge is -2.44. The number of carbonyl (C=O) groups is 1. The van der Waals surface area contributed by atoms with Crippen LogP contribution in [-0.2, 0) is 41.7 Å². The summed E-state index contributed by atoms with van der Waals surface area (Å²) in [6, 6.07) is 19.7. The van der Waals surface area contributed by atoms with Crippen LogP contribution in [-0.4, -0.2) is 48.2 Å². The maximum absolute atomic E-state index is 12.3. The van der Waals surface area contributed by atoms with Gasteiger partial charge in [-0.05, 0) is 18.1 Å². The SMILES string of the molecule is C/C=C/C(=O)O[C@H]1[C@H](OCc2ccccc2)[C@@H](OCc2ccccc2)[C@@H](OC)O[C@@H]1CI. The highest BCUT2D eigenvalue weighted by Crippen LogP contribution is 2.31. The minimum absolute atomic E-state index is 0.346. The monoisotopic (exact) mass is 552 g/mol. The van der Waals surface area contributed by atoms with E-state index in [0.29, 0.717) is 17.6 Å². The zero-order valence-electron chi connectivity index (χ0n) is 18.3. The molecule has 7 heteroatoms. The largest absolute Gasteiger partial charge is 0.454 e. The van der Waals surface area contributed by atoms with Gasteiger partial charge in [0.1, 0.15) is 18.3 Å². The van der Waals surface area contributed by atoms with Gasteiger partial charge in [-0.3, -0.25) is 0 Å². The van der Waals surface area contributed by atoms with Crippen molar-refractivity contribution < 1.29 is 28.5 Å². The van der Waals surface area contributed by atoms with Gasteiger partial charge in [-0.2, -0.15) is 0 Å². The molecule has 2 aromatic carbocycles. The Morgan fingerprint density at radius 2 is 1.50 bits per heavy atom. The average molecular weight is 552 g/mol. The molecule has 0 radical (unpaired) electrons. The molecule has 172 valence electrons. The maximum atomic E-state index is 12.3. The van der Waals surface area contributed by atoms with Crippen LogP contribution in [0.25, 0.3) is 0 Å². The number of methoxy groups -OCH3 is 1. The van der Waals surface area contributed by atoms with Crippen molar-refractivity contribution in [1.29, 1.82) is 0 Å². The fourth-order valence-corrected chi connectivity index (χ4v) is 4.25. The van der Waals surface area contributed by atoms with E-state index >= 15 is 0 Å². The molecule has 0 N–H and O–H groups in total. The summed E-state index contributed by atoms with van der Waals surface area (Å²) in [5.74, 6) is -0.443. The Hall–Kier alpha value is -1.78. The molecule has 0 aromatic heterocycles. The summed E-state index contributed by atoms with van der Waals surface area (Å²) < 4.78 is 30.7. The van der Waals surface area contributed by atoms with E-state index in [9.17, 15) is 4.79 Å². The van der Waals surface area contributed by atoms with Gasteiger partial charge >= 0.3 is 5.97 Å². The summed E-state index contributed by atoms with van der Waals surface area (Å²) in [6.45, 7) is 2.47. The first kappa shape index (κ1) is 24.9. The molecule has 0 unspecified atom stereocenters. The van der Waals surface area contributed by atoms with Crippen molar-refractivity contribution in [3.05, 3.63) is 83.9 Å². The zero-order valence-corrected chi connectivity index (χ0v) is 20.4. The molecule has 3 rings (SSSR count). The van der Waals surface area contributed by atoms with Crippen molar-refractivity contribution in [3.63, 3.8) is 0 Å². The lowest BCUT2D eigenvalue weighted by atomic mass is 9.98. The number of carbonyl (C=O) groups excluding carboxylic acids is 1. The smallest absolute Gasteiger partial charge is 0.330 e. The molecular formula is C25H29IO6. The highest BCUT2D eigenvalue weighted by atomic mass is 127. The van der Waals surface area contributed by atoms with Crippen LogP contribution in [0.5, 0.6) is 0 Å². The number of halogens is 1. The standard InChI is InChI=1S/C25H29IO6/c1-3-10-21(27)32-22-20(15-26)31-25(28-2)24(30-17-19-13-8-5-9-14-19)23(22)29-16-18-11-6-4-7-12-18/h3-14,20,22-25H,15-17H2,1-2H3/b10-3+/t20-,22-,23+,24-,25+/m1/s1. The van der Waals surface area contributed by atoms with Crippen molar-refractivity contribution in [3.8, 4) is 0 Å². The van der Waals surface area contributed by atoms with Crippen LogP contribution >= 0.6 is 22.6 Å². The van der Waals surface area contributed by atoms with Gasteiger partial charge in [0.05, 0.1) is 13.2 Å². The summed E-state index contributed by atoms with van der Waals surface area (Å²) in [6.07, 6.45) is 0.167. The Morgan fingerprint density at radius 1 is 0.938 bits per heavy atom. The number of hydrogen-bond donors (Lipinski definition) is 0. The highest BCUT2D eigenvalue weighted by molar-refractivity contribution is 14.1. The first-order valence-electron chi connectivity index (χ1n) is 10.5. The third-order valence-corrected chi connectivity index (χ3v) is 5.97. The Kier molecular flexibility index (Phi) is 10.1. The number of allylic oxidation sites excluding steroid dienone is 1. The molecule has 6 nitrogen and oxygen atoms in total. The van der Waals surface area contributed by atoms with Crippen molar-refractivity contribution in [2.45, 2.75) is 50.8 Å². The van der Waals surface area contributed by atoms with Gasteiger partial charge in [-0.1, -0.05) is 89.3 Å². The Labute approximate surface area is 203 Å². The molecule has 1 aliphatic heterocycles. The van der Waals surface area contributed by atoms with Crippen molar-refractivity contribution >= 4 is 28.6 Å². The van der Waals surface area contributed by atoms with Crippen molar-refractivity contribution in [1.82, 2.24) is 0 Å². The second kappa shape index (κ2) is 13.1. The predicted octanol–water partition coefficient (Wildman–Crippen LogP) is 4.45. The average Bonchev–Trinajstić information content (AvgIpc) is 2.83. The number of rotatable bonds is 10. The molecule has 1 saturated heterocycles. The van der Waals surface area contributed by atoms with E-state index in [1.54, 1.807) is 20.1 Å². The molecular weight excluding hydrogens is 523 g/mol. The van der Waals surface area contributed by atoms with Gasteiger partial charge in [0.25, 0.3) is 0 Å². The minimum Gasteiger partial charge on any atom is -0.454 e. The number of esters is 1. The van der Waals surface area contributed by atoms with Crippen LogP contribution in [0.15, 0.2) is 72.8 Å². The summed E-state index contributed by atoms with van der Waals surface area (Å²) in [5, 5.41) is 0. The van der Waals surface area contributed by atoms with Gasteiger partial charge < -0.3 is 23.7 Å². The molecule has 0 bridgehead atoms. The fourth-order valence-electron chi connectivity index (χ4n) is 3.54. The Bertz CT molecular complexity index is 844. The minimum atomic E-state index is -0.657. The van der Waals surface area contributed by atoms with E-state index in [2.05, 4.69) is 22.6 Å². The number of alkyl halides is 1. The highest BCUT2D eigenvalue weighted by Gasteiger charge is 2.49. The second-order valence-electron chi connectivity index (χ2n) is 7.36. The van der Waals surface area contributed by atoms with Crippen LogP contribution in [0.4, 0.5) is 0 Å². The van der Waals surface area contributed by atoms with Crippen LogP contribution < -0.4 is 0 Å². The molecule has 2 aromatic rings. The first-order valence-corrected chi connectivity index (χ1v) is 12.1. The molecule has 1 fully saturated rings. The van der Waals surface area contributed by atoms with E-state index in [4.69, 9.17) is 23.7 Å². The first-order chi connectivity index (χ1) is 15.7. The third-order valence-electron chi connectivity index (χ3n) is 5.10. The maximum Gasteiger partial charge on any atom is 0.330 e. The van der Waals surface area contributed by atoms with Gasteiger partial charge in [0.2, 0.25) is 0 Å². The van der Waals surface area contributed by atoms with Gasteiger partial charge in [-0.25, -0.2) is 4.79 Å². The van der Waals surface area contributed by atoms with E-state index in [-0.39, 0.29) is 0 Å². The van der Waals surface area contributed by atoms with Crippen LogP contribution in [0, 0.1) is 0 Å². The number of benzene rings is 2. The van der Waals surface area contributed by atoms with E-state index < -0.39 is 36.7 Å². The summed E-state index contributed by atoms with van der Waals surface area (Å²) in [4.78, 5) is 12.3. The molecule has 32 heavy (non-hydrogen) atoms. The molecule has 1 aliphatic rings. The molecule has 0 saturated carbocycles. The van der Waals surface area contributed by atoms with E-state index in [1.165, 1.54) is 6.08 Å². The number of hydrogen-bond acceptors (Lipinski definition) is 6. The van der Waals surface area contributed by atoms with E-state index in [0.717, 1.165) is 11.1 Å². The predicted molar refractivity (Wildman–Crippen MR) is 129 cm³/mol. The zero-order chi connectivity index (χ0) is 22.8. The number of ether oxygens (including phenoxy) is 5. The Balaban J connectivity index is 1.85. The summed E-state index contributed by atoms with van der Waals surface area (Å²) >= 11 is 2.22. The lowest BCUT2D eigenvalue weighted by molar-refractivity contribution is -0.307. The molecule has 0 amide bonds. The summed E-state index contributed by atoms with van der Waals surface area (Å²) in [7, 11) is 1.58. The van der Waals surface area contributed by atoms with Crippen LogP contribution in [0.2, 0.25) is 0 Å². The third kappa shape index (κ3) is 6.86. The molecule has 5 atom stereocenters. The van der Waals surface area contributed by atoms with Crippen molar-refractivity contribution in [2.24, 2.45) is 0 Å². The topological polar surface area (TPSA) is 63.2 Å². The van der Waals surface area contributed by atoms with Gasteiger partial charge in [0.15, 0.2) is 12.4 Å². The molecule has 0 aliphatic carbocycles. The molecule has 0 spiro atoms. The van der Waals surface area contributed by atoms with Crippen LogP contribution in [0.3, 0.4) is 0 Å². The van der Waals surface area contributed by atoms with Crippen molar-refractivity contribution in [2.75, 3.05) is 11.5 Å². The van der Waals surface area contributed by atoms with Crippen LogP contribution in [0.1, 0.15) is 18.1 Å². The lowest BCUT2D eigenvalue weighted by Crippen LogP contribution is -2.61. The Morgan fingerprint density at radius 3 is 2.00 bits per heavy atom. The summed E-state index contributed by atoms with van der Waals surface area (Å²) in [5.41, 5.74) is 2.03. The second-order valence-corrected chi connectivity index (χ2v) is 8.24. The quantitative estimate of drug-likeness (QED) is 0.188. The normalized spacial score (nSPS) is 25.7. The van der Waals surface area contributed by atoms with E-state index in [1.807, 2.05) is 60.7 Å². The fraction of sp³-hybridized carbons (Fsp3) is 0.400. The van der Waals surface area contributed by atoms with Gasteiger partial charge in [0, 0.05) is 17.6 Å². The van der Waals surface area contributed by atoms with Gasteiger partial charge in [-0.15, -0.1) is 0 Å².